The molecule has 0 saturated heterocycles. The van der Waals surface area contributed by atoms with Crippen LogP contribution in [0.15, 0.2) is 200 Å². The van der Waals surface area contributed by atoms with Crippen molar-refractivity contribution in [1.29, 1.82) is 0 Å². The zero-order valence-corrected chi connectivity index (χ0v) is 55.7. The van der Waals surface area contributed by atoms with Crippen LogP contribution in [-0.2, 0) is 76.6 Å². The molecule has 4 heterocycles. The molecule has 0 aliphatic heterocycles. The topological polar surface area (TPSA) is 158 Å². The molecule has 0 spiro atoms. The summed E-state index contributed by atoms with van der Waals surface area (Å²) in [7, 11) is 3.99. The fraction of sp³-hybridized carbons (Fsp3) is 0.200. The highest BCUT2D eigenvalue weighted by molar-refractivity contribution is 9.08. The second-order valence-electron chi connectivity index (χ2n) is 22.6. The summed E-state index contributed by atoms with van der Waals surface area (Å²) in [5, 5.41) is 12.9. The lowest BCUT2D eigenvalue weighted by atomic mass is 10.1. The average molecular weight is 1490 g/mol. The molecular weight excluding hydrogens is 1430 g/mol. The third kappa shape index (κ3) is 20.3. The first kappa shape index (κ1) is 77.0. The summed E-state index contributed by atoms with van der Waals surface area (Å²) in [6, 6.07) is 47.3. The molecule has 0 aliphatic carbocycles. The summed E-state index contributed by atoms with van der Waals surface area (Å²) in [6.45, 7) is -0.976. The van der Waals surface area contributed by atoms with Crippen LogP contribution in [0.3, 0.4) is 0 Å². The number of aromatic carboxylic acids is 1. The van der Waals surface area contributed by atoms with Crippen LogP contribution in [0.25, 0.3) is 43.6 Å². The Morgan fingerprint density at radius 2 is 0.745 bits per heavy atom. The second kappa shape index (κ2) is 33.6. The van der Waals surface area contributed by atoms with Gasteiger partial charge in [-0.2, -0.15) is 52.7 Å². The molecule has 0 bridgehead atoms. The molecule has 12 rings (SSSR count). The van der Waals surface area contributed by atoms with Crippen molar-refractivity contribution in [1.82, 2.24) is 19.1 Å². The van der Waals surface area contributed by atoms with Crippen LogP contribution in [0, 0.1) is 0 Å². The van der Waals surface area contributed by atoms with E-state index >= 15 is 0 Å². The molecule has 8 aromatic carbocycles. The minimum absolute atomic E-state index is 0.0892. The molecule has 0 fully saturated rings. The van der Waals surface area contributed by atoms with E-state index in [0.29, 0.717) is 69.0 Å². The van der Waals surface area contributed by atoms with Crippen molar-refractivity contribution in [2.24, 2.45) is 0 Å². The number of nitrogens with one attached hydrogen (secondary N) is 2. The standard InChI is InChI=1S/C20H17F4NO2.C19H15F4NO2.C18H14F3NO2.C10H9NO2.C8H6BrF3/c1-27-19(26)14-4-7-18-15(11-14)12-17(25(18)9-8-21)10-13-2-5-16(6-3-13)20(22,23)24;20-7-8-24-16(9-12-1-4-15(5-2-12)19(21,22)23)11-14-10-13(18(25)26)3-6-17(14)24;1-24-17(23)12-4-7-16-13(9-12)10-15(22-16)8-11-2-5-14(6-3-11)18(19,20)21;1-13-10(12)8-2-3-9-7(6-8)4-5-11-9;9-5-6-1-3-7(4-2-6)8(10,11)12/h2-7,11-12H,8-10H2,1H3;1-6,10-11H,7-9H2,(H,25,26);2-7,9-10,22H,8H2,1H3;2-6,11H,1H3;1-4H,5H2. The van der Waals surface area contributed by atoms with E-state index in [9.17, 15) is 80.6 Å². The third-order valence-corrected chi connectivity index (χ3v) is 16.4. The number of carboxylic acid groups (broad SMARTS) is 1. The van der Waals surface area contributed by atoms with E-state index < -0.39 is 78.2 Å². The number of benzene rings is 8. The predicted octanol–water partition coefficient (Wildman–Crippen LogP) is 20.0. The molecule has 0 saturated carbocycles. The Morgan fingerprint density at radius 1 is 0.402 bits per heavy atom. The van der Waals surface area contributed by atoms with Crippen molar-refractivity contribution in [2.75, 3.05) is 34.7 Å². The van der Waals surface area contributed by atoms with Crippen molar-refractivity contribution in [3.8, 4) is 0 Å². The number of methoxy groups -OCH3 is 3. The Morgan fingerprint density at radius 3 is 1.12 bits per heavy atom. The highest BCUT2D eigenvalue weighted by Gasteiger charge is 2.33. The van der Waals surface area contributed by atoms with E-state index in [0.717, 1.165) is 104 Å². The van der Waals surface area contributed by atoms with Crippen LogP contribution in [0.5, 0.6) is 0 Å². The largest absolute Gasteiger partial charge is 0.478 e. The maximum atomic E-state index is 13.0. The monoisotopic (exact) mass is 1490 g/mol. The van der Waals surface area contributed by atoms with Gasteiger partial charge in [0.2, 0.25) is 0 Å². The highest BCUT2D eigenvalue weighted by atomic mass is 79.9. The summed E-state index contributed by atoms with van der Waals surface area (Å²) in [4.78, 5) is 51.7. The molecule has 27 heteroatoms. The fourth-order valence-electron chi connectivity index (χ4n) is 10.7. The molecule has 12 nitrogen and oxygen atoms in total. The number of esters is 3. The zero-order valence-electron chi connectivity index (χ0n) is 54.1. The number of ether oxygens (including phenoxy) is 3. The number of aromatic amines is 2. The Balaban J connectivity index is 0.000000167. The Labute approximate surface area is 581 Å². The van der Waals surface area contributed by atoms with Gasteiger partial charge in [0.15, 0.2) is 0 Å². The van der Waals surface area contributed by atoms with Crippen molar-refractivity contribution in [2.45, 2.75) is 62.4 Å². The molecule has 12 aromatic rings. The maximum Gasteiger partial charge on any atom is 0.416 e. The number of rotatable bonds is 15. The minimum Gasteiger partial charge on any atom is -0.478 e. The van der Waals surface area contributed by atoms with E-state index in [-0.39, 0.29) is 24.6 Å². The second-order valence-corrected chi connectivity index (χ2v) is 23.2. The van der Waals surface area contributed by atoms with Gasteiger partial charge in [0.1, 0.15) is 13.3 Å². The molecule has 102 heavy (non-hydrogen) atoms. The molecule has 534 valence electrons. The number of aryl methyl sites for hydroxylation is 2. The number of hydrogen-bond acceptors (Lipinski definition) is 7. The van der Waals surface area contributed by atoms with Gasteiger partial charge in [0.05, 0.1) is 78.9 Å². The number of nitrogens with zero attached hydrogens (tertiary/aromatic N) is 2. The smallest absolute Gasteiger partial charge is 0.416 e. The van der Waals surface area contributed by atoms with E-state index in [4.69, 9.17) is 9.84 Å². The van der Waals surface area contributed by atoms with Crippen LogP contribution >= 0.6 is 15.9 Å². The van der Waals surface area contributed by atoms with Gasteiger partial charge in [-0.15, -0.1) is 0 Å². The SMILES string of the molecule is COC(=O)c1ccc2[nH]c(Cc3ccc(C(F)(F)F)cc3)cc2c1.COC(=O)c1ccc2[nH]ccc2c1.COC(=O)c1ccc2c(c1)cc(Cc1ccc(C(F)(F)F)cc1)n2CCF.FC(F)(F)c1ccc(CBr)cc1.O=C(O)c1ccc2c(c1)cc(Cc1ccc(C(F)(F)F)cc1)n2CCF. The predicted molar refractivity (Wildman–Crippen MR) is 360 cm³/mol. The van der Waals surface area contributed by atoms with E-state index in [2.05, 4.69) is 35.4 Å². The third-order valence-electron chi connectivity index (χ3n) is 15.8. The quantitative estimate of drug-likeness (QED) is 0.0396. The van der Waals surface area contributed by atoms with Crippen molar-refractivity contribution < 1.29 is 100.0 Å². The summed E-state index contributed by atoms with van der Waals surface area (Å²) in [6.07, 6.45) is -14.4. The van der Waals surface area contributed by atoms with Gasteiger partial charge in [-0.3, -0.25) is 0 Å². The van der Waals surface area contributed by atoms with Crippen LogP contribution in [0.1, 0.15) is 103 Å². The van der Waals surface area contributed by atoms with Crippen LogP contribution in [0.4, 0.5) is 61.5 Å². The van der Waals surface area contributed by atoms with Crippen LogP contribution < -0.4 is 0 Å². The van der Waals surface area contributed by atoms with E-state index in [1.807, 2.05) is 30.5 Å². The Hall–Kier alpha value is -10.7. The Bertz CT molecular complexity index is 4840. The number of halogens is 15. The number of fused-ring (bicyclic) bond motifs is 4. The van der Waals surface area contributed by atoms with Gasteiger partial charge in [-0.1, -0.05) is 64.5 Å². The van der Waals surface area contributed by atoms with Crippen molar-refractivity contribution >= 4 is 83.4 Å². The number of carbonyl (C=O) groups excluding carboxylic acids is 3. The molecule has 4 aromatic heterocycles. The number of alkyl halides is 15. The van der Waals surface area contributed by atoms with Gasteiger partial charge in [0, 0.05) is 91.5 Å². The number of hydrogen-bond donors (Lipinski definition) is 3. The molecule has 3 N–H and O–H groups in total. The fourth-order valence-corrected chi connectivity index (χ4v) is 11.1. The van der Waals surface area contributed by atoms with Crippen LogP contribution in [0.2, 0.25) is 0 Å². The van der Waals surface area contributed by atoms with Gasteiger partial charge in [-0.25, -0.2) is 28.0 Å². The van der Waals surface area contributed by atoms with Gasteiger partial charge in [0.25, 0.3) is 0 Å². The van der Waals surface area contributed by atoms with Crippen molar-refractivity contribution in [3.05, 3.63) is 284 Å². The molecule has 0 aliphatic rings. The average Bonchev–Trinajstić information content (AvgIpc) is 1.65. The van der Waals surface area contributed by atoms with E-state index in [1.54, 1.807) is 69.8 Å². The lowest BCUT2D eigenvalue weighted by Gasteiger charge is -2.10. The highest BCUT2D eigenvalue weighted by Crippen LogP contribution is 2.34. The van der Waals surface area contributed by atoms with Crippen molar-refractivity contribution in [3.63, 3.8) is 0 Å². The molecule has 0 amide bonds. The zero-order chi connectivity index (χ0) is 74.3. The summed E-state index contributed by atoms with van der Waals surface area (Å²) in [5.74, 6) is -2.25. The van der Waals surface area contributed by atoms with E-state index in [1.165, 1.54) is 82.0 Å². The number of H-pyrrole nitrogens is 2. The first-order valence-corrected chi connectivity index (χ1v) is 31.7. The minimum atomic E-state index is -4.39. The van der Waals surface area contributed by atoms with Gasteiger partial charge < -0.3 is 38.4 Å². The first-order chi connectivity index (χ1) is 48.3. The summed E-state index contributed by atoms with van der Waals surface area (Å²) >= 11 is 3.15. The molecule has 0 radical (unpaired) electrons. The Kier molecular flexibility index (Phi) is 25.4. The number of aromatic nitrogens is 4. The summed E-state index contributed by atoms with van der Waals surface area (Å²) < 4.78 is 193. The summed E-state index contributed by atoms with van der Waals surface area (Å²) in [5.41, 5.74) is 7.39. The lowest BCUT2D eigenvalue weighted by molar-refractivity contribution is -0.138. The molecular formula is C75H61BrF14N4O8. The van der Waals surface area contributed by atoms with Gasteiger partial charge >= 0.3 is 48.6 Å². The molecule has 0 unspecified atom stereocenters. The lowest BCUT2D eigenvalue weighted by Crippen LogP contribution is -2.07. The first-order valence-electron chi connectivity index (χ1n) is 30.6. The van der Waals surface area contributed by atoms with Gasteiger partial charge in [-0.05, 0) is 168 Å². The number of carboxylic acids is 1. The van der Waals surface area contributed by atoms with Crippen LogP contribution in [-0.4, -0.2) is 82.8 Å². The maximum absolute atomic E-state index is 13.0. The number of carbonyl (C=O) groups is 4. The molecule has 0 atom stereocenters. The normalized spacial score (nSPS) is 11.5.